The highest BCUT2D eigenvalue weighted by atomic mass is 32.2. The fraction of sp³-hybridized carbons (Fsp3) is 0.158. The van der Waals surface area contributed by atoms with Crippen LogP contribution in [-0.4, -0.2) is 24.9 Å². The van der Waals surface area contributed by atoms with Gasteiger partial charge >= 0.3 is 0 Å². The van der Waals surface area contributed by atoms with E-state index < -0.39 is 15.8 Å². The molecule has 0 radical (unpaired) electrons. The smallest absolute Gasteiger partial charge is 0.261 e. The summed E-state index contributed by atoms with van der Waals surface area (Å²) in [6.45, 7) is 4.53. The molecule has 7 nitrogen and oxygen atoms in total. The molecule has 3 N–H and O–H groups in total. The molecule has 0 aliphatic rings. The van der Waals surface area contributed by atoms with Crippen LogP contribution in [0, 0.1) is 12.7 Å². The van der Waals surface area contributed by atoms with Crippen LogP contribution >= 0.6 is 0 Å². The molecule has 0 aliphatic heterocycles. The molecule has 28 heavy (non-hydrogen) atoms. The average molecular weight is 401 g/mol. The van der Waals surface area contributed by atoms with Gasteiger partial charge in [0.25, 0.3) is 10.0 Å². The predicted octanol–water partition coefficient (Wildman–Crippen LogP) is 3.90. The highest BCUT2D eigenvalue weighted by Crippen LogP contribution is 2.22. The van der Waals surface area contributed by atoms with Crippen molar-refractivity contribution in [3.8, 4) is 0 Å². The van der Waals surface area contributed by atoms with Crippen LogP contribution in [-0.2, 0) is 10.0 Å². The van der Waals surface area contributed by atoms with Crippen LogP contribution < -0.4 is 15.4 Å². The van der Waals surface area contributed by atoms with Gasteiger partial charge in [-0.15, -0.1) is 0 Å². The first-order valence-corrected chi connectivity index (χ1v) is 10.1. The van der Waals surface area contributed by atoms with E-state index in [2.05, 4.69) is 25.3 Å². The van der Waals surface area contributed by atoms with E-state index in [1.54, 1.807) is 37.3 Å². The number of hydrogen-bond acceptors (Lipinski definition) is 6. The summed E-state index contributed by atoms with van der Waals surface area (Å²) in [5, 5.41) is 6.29. The van der Waals surface area contributed by atoms with Crippen molar-refractivity contribution in [3.05, 3.63) is 66.2 Å². The van der Waals surface area contributed by atoms with Gasteiger partial charge in [-0.2, -0.15) is 0 Å². The summed E-state index contributed by atoms with van der Waals surface area (Å²) in [5.74, 6) is 1.36. The third-order valence-electron chi connectivity index (χ3n) is 3.71. The van der Waals surface area contributed by atoms with Gasteiger partial charge in [0.1, 0.15) is 23.3 Å². The van der Waals surface area contributed by atoms with E-state index in [1.807, 2.05) is 6.92 Å². The van der Waals surface area contributed by atoms with Crippen molar-refractivity contribution in [2.75, 3.05) is 21.9 Å². The molecule has 0 fully saturated rings. The lowest BCUT2D eigenvalue weighted by Gasteiger charge is -2.11. The van der Waals surface area contributed by atoms with E-state index in [0.717, 1.165) is 24.1 Å². The van der Waals surface area contributed by atoms with Crippen molar-refractivity contribution in [2.24, 2.45) is 0 Å². The van der Waals surface area contributed by atoms with Crippen molar-refractivity contribution >= 4 is 33.0 Å². The van der Waals surface area contributed by atoms with Crippen molar-refractivity contribution in [2.45, 2.75) is 18.7 Å². The van der Waals surface area contributed by atoms with Crippen molar-refractivity contribution in [1.29, 1.82) is 0 Å². The van der Waals surface area contributed by atoms with Crippen LogP contribution in [0.15, 0.2) is 59.5 Å². The van der Waals surface area contributed by atoms with Gasteiger partial charge in [-0.3, -0.25) is 4.72 Å². The third-order valence-corrected chi connectivity index (χ3v) is 5.09. The Hall–Kier alpha value is -3.20. The number of nitrogens with one attached hydrogen (secondary N) is 3. The number of nitrogens with zero attached hydrogens (tertiary/aromatic N) is 2. The second-order valence-electron chi connectivity index (χ2n) is 5.98. The van der Waals surface area contributed by atoms with Gasteiger partial charge in [0.2, 0.25) is 0 Å². The Morgan fingerprint density at radius 2 is 1.64 bits per heavy atom. The summed E-state index contributed by atoms with van der Waals surface area (Å²) in [4.78, 5) is 8.48. The Bertz CT molecular complexity index is 1070. The number of halogens is 1. The van der Waals surface area contributed by atoms with Gasteiger partial charge in [-0.25, -0.2) is 22.8 Å². The summed E-state index contributed by atoms with van der Waals surface area (Å²) in [7, 11) is -3.86. The predicted molar refractivity (Wildman–Crippen MR) is 108 cm³/mol. The number of aryl methyl sites for hydroxylation is 1. The molecule has 0 unspecified atom stereocenters. The minimum Gasteiger partial charge on any atom is -0.370 e. The molecule has 1 aromatic heterocycles. The van der Waals surface area contributed by atoms with Crippen LogP contribution in [0.3, 0.4) is 0 Å². The van der Waals surface area contributed by atoms with Crippen LogP contribution in [0.1, 0.15) is 12.7 Å². The highest BCUT2D eigenvalue weighted by molar-refractivity contribution is 7.92. The number of rotatable bonds is 7. The SMILES string of the molecule is CCNc1cc(Nc2ccc(NS(=O)(=O)c3cccc(F)c3)cc2)nc(C)n1. The summed E-state index contributed by atoms with van der Waals surface area (Å²) in [5.41, 5.74) is 1.09. The molecule has 0 spiro atoms. The normalized spacial score (nSPS) is 11.1. The Labute approximate surface area is 163 Å². The minimum absolute atomic E-state index is 0.137. The lowest BCUT2D eigenvalue weighted by atomic mass is 10.3. The molecule has 0 saturated carbocycles. The number of anilines is 4. The van der Waals surface area contributed by atoms with E-state index in [-0.39, 0.29) is 4.90 Å². The molecule has 0 amide bonds. The minimum atomic E-state index is -3.86. The molecule has 3 aromatic rings. The number of benzene rings is 2. The Balaban J connectivity index is 1.73. The highest BCUT2D eigenvalue weighted by Gasteiger charge is 2.14. The summed E-state index contributed by atoms with van der Waals surface area (Å²) >= 11 is 0. The summed E-state index contributed by atoms with van der Waals surface area (Å²) in [6, 6.07) is 13.3. The molecule has 0 bridgehead atoms. The van der Waals surface area contributed by atoms with Gasteiger partial charge in [-0.05, 0) is 56.3 Å². The molecule has 2 aromatic carbocycles. The van der Waals surface area contributed by atoms with Crippen LogP contribution in [0.25, 0.3) is 0 Å². The molecule has 1 heterocycles. The maximum Gasteiger partial charge on any atom is 0.261 e. The zero-order valence-electron chi connectivity index (χ0n) is 15.4. The summed E-state index contributed by atoms with van der Waals surface area (Å²) in [6.07, 6.45) is 0. The second kappa shape index (κ2) is 8.22. The fourth-order valence-electron chi connectivity index (χ4n) is 2.52. The van der Waals surface area contributed by atoms with E-state index in [0.29, 0.717) is 17.3 Å². The number of sulfonamides is 1. The average Bonchev–Trinajstić information content (AvgIpc) is 2.63. The molecule has 3 rings (SSSR count). The number of hydrogen-bond donors (Lipinski definition) is 3. The first-order valence-electron chi connectivity index (χ1n) is 8.61. The monoisotopic (exact) mass is 401 g/mol. The maximum absolute atomic E-state index is 13.3. The lowest BCUT2D eigenvalue weighted by molar-refractivity contribution is 0.595. The molecular weight excluding hydrogens is 381 g/mol. The first-order chi connectivity index (χ1) is 13.4. The molecule has 0 atom stereocenters. The van der Waals surface area contributed by atoms with E-state index >= 15 is 0 Å². The van der Waals surface area contributed by atoms with Gasteiger partial charge in [0, 0.05) is 24.0 Å². The zero-order valence-corrected chi connectivity index (χ0v) is 16.2. The van der Waals surface area contributed by atoms with Crippen molar-refractivity contribution in [1.82, 2.24) is 9.97 Å². The maximum atomic E-state index is 13.3. The van der Waals surface area contributed by atoms with Crippen LogP contribution in [0.5, 0.6) is 0 Å². The topological polar surface area (TPSA) is 96.0 Å². The van der Waals surface area contributed by atoms with E-state index in [4.69, 9.17) is 0 Å². The molecule has 9 heteroatoms. The largest absolute Gasteiger partial charge is 0.370 e. The van der Waals surface area contributed by atoms with E-state index in [9.17, 15) is 12.8 Å². The Morgan fingerprint density at radius 1 is 0.964 bits per heavy atom. The van der Waals surface area contributed by atoms with Crippen molar-refractivity contribution in [3.63, 3.8) is 0 Å². The Morgan fingerprint density at radius 3 is 2.32 bits per heavy atom. The molecule has 0 saturated heterocycles. The quantitative estimate of drug-likeness (QED) is 0.556. The lowest BCUT2D eigenvalue weighted by Crippen LogP contribution is -2.13. The van der Waals surface area contributed by atoms with Gasteiger partial charge < -0.3 is 10.6 Å². The molecule has 146 valence electrons. The molecular formula is C19H20FN5O2S. The van der Waals surface area contributed by atoms with Crippen molar-refractivity contribution < 1.29 is 12.8 Å². The van der Waals surface area contributed by atoms with Gasteiger partial charge in [0.05, 0.1) is 4.90 Å². The zero-order chi connectivity index (χ0) is 20.1. The Kier molecular flexibility index (Phi) is 5.74. The standard InChI is InChI=1S/C19H20FN5O2S/c1-3-21-18-12-19(23-13(2)22-18)24-15-7-9-16(10-8-15)25-28(26,27)17-6-4-5-14(20)11-17/h4-12,25H,3H2,1-2H3,(H2,21,22,23,24). The summed E-state index contributed by atoms with van der Waals surface area (Å²) < 4.78 is 40.4. The molecule has 0 aliphatic carbocycles. The van der Waals surface area contributed by atoms with Gasteiger partial charge in [0.15, 0.2) is 0 Å². The van der Waals surface area contributed by atoms with Crippen LogP contribution in [0.2, 0.25) is 0 Å². The van der Waals surface area contributed by atoms with E-state index in [1.165, 1.54) is 18.2 Å². The fourth-order valence-corrected chi connectivity index (χ4v) is 3.61. The second-order valence-corrected chi connectivity index (χ2v) is 7.66. The van der Waals surface area contributed by atoms with Gasteiger partial charge in [-0.1, -0.05) is 6.07 Å². The number of aromatic nitrogens is 2. The third kappa shape index (κ3) is 4.95. The van der Waals surface area contributed by atoms with Crippen LogP contribution in [0.4, 0.5) is 27.4 Å². The first kappa shape index (κ1) is 19.6.